The Morgan fingerprint density at radius 1 is 1.58 bits per heavy atom. The molecule has 1 fully saturated rings. The van der Waals surface area contributed by atoms with E-state index in [-0.39, 0.29) is 17.2 Å². The standard InChI is InChI=1S/C13H16N2O3S/c1-2-10-8-15(5-6-19-10)12(16)11-7-9(13(17)18)3-4-14-11/h3-4,7,10H,2,5-6,8H2,1H3,(H,17,18). The molecule has 0 bridgehead atoms. The van der Waals surface area contributed by atoms with E-state index >= 15 is 0 Å². The summed E-state index contributed by atoms with van der Waals surface area (Å²) in [7, 11) is 0. The van der Waals surface area contributed by atoms with Crippen LogP contribution in [0, 0.1) is 0 Å². The van der Waals surface area contributed by atoms with E-state index in [1.165, 1.54) is 18.3 Å². The number of carboxylic acids is 1. The number of rotatable bonds is 3. The Balaban J connectivity index is 2.14. The SMILES string of the molecule is CCC1CN(C(=O)c2cc(C(=O)O)ccn2)CCS1. The number of aromatic nitrogens is 1. The third-order valence-electron chi connectivity index (χ3n) is 3.11. The van der Waals surface area contributed by atoms with Crippen LogP contribution in [0.25, 0.3) is 0 Å². The molecular formula is C13H16N2O3S. The molecule has 19 heavy (non-hydrogen) atoms. The van der Waals surface area contributed by atoms with Gasteiger partial charge in [0.2, 0.25) is 0 Å². The summed E-state index contributed by atoms with van der Waals surface area (Å²) >= 11 is 1.88. The van der Waals surface area contributed by atoms with E-state index in [1.807, 2.05) is 11.8 Å². The van der Waals surface area contributed by atoms with Crippen LogP contribution in [0.4, 0.5) is 0 Å². The van der Waals surface area contributed by atoms with Crippen LogP contribution in [0.2, 0.25) is 0 Å². The highest BCUT2D eigenvalue weighted by Gasteiger charge is 2.25. The molecule has 1 unspecified atom stereocenters. The van der Waals surface area contributed by atoms with Crippen LogP contribution in [0.1, 0.15) is 34.2 Å². The molecule has 1 aromatic rings. The van der Waals surface area contributed by atoms with Crippen LogP contribution >= 0.6 is 11.8 Å². The van der Waals surface area contributed by atoms with Gasteiger partial charge < -0.3 is 10.0 Å². The molecule has 1 aliphatic heterocycles. The van der Waals surface area contributed by atoms with Gasteiger partial charge in [-0.15, -0.1) is 0 Å². The number of carbonyl (C=O) groups excluding carboxylic acids is 1. The molecule has 2 rings (SSSR count). The van der Waals surface area contributed by atoms with E-state index in [0.717, 1.165) is 12.2 Å². The number of carbonyl (C=O) groups is 2. The smallest absolute Gasteiger partial charge is 0.335 e. The summed E-state index contributed by atoms with van der Waals surface area (Å²) in [5.41, 5.74) is 0.304. The normalized spacial score (nSPS) is 19.2. The number of hydrogen-bond acceptors (Lipinski definition) is 4. The maximum absolute atomic E-state index is 12.3. The molecule has 1 aliphatic rings. The van der Waals surface area contributed by atoms with Crippen molar-refractivity contribution in [2.75, 3.05) is 18.8 Å². The minimum atomic E-state index is -1.04. The molecule has 0 aromatic carbocycles. The lowest BCUT2D eigenvalue weighted by atomic mass is 10.2. The fourth-order valence-corrected chi connectivity index (χ4v) is 3.17. The van der Waals surface area contributed by atoms with E-state index in [2.05, 4.69) is 11.9 Å². The van der Waals surface area contributed by atoms with Crippen molar-refractivity contribution in [2.24, 2.45) is 0 Å². The summed E-state index contributed by atoms with van der Waals surface area (Å²) in [5, 5.41) is 9.38. The molecule has 6 heteroatoms. The predicted molar refractivity (Wildman–Crippen MR) is 73.6 cm³/mol. The van der Waals surface area contributed by atoms with Crippen LogP contribution < -0.4 is 0 Å². The van der Waals surface area contributed by atoms with Gasteiger partial charge in [0.25, 0.3) is 5.91 Å². The van der Waals surface area contributed by atoms with Crippen LogP contribution in [0.5, 0.6) is 0 Å². The van der Waals surface area contributed by atoms with Crippen molar-refractivity contribution < 1.29 is 14.7 Å². The van der Waals surface area contributed by atoms with E-state index in [0.29, 0.717) is 18.3 Å². The lowest BCUT2D eigenvalue weighted by Crippen LogP contribution is -2.42. The van der Waals surface area contributed by atoms with Crippen molar-refractivity contribution in [1.82, 2.24) is 9.88 Å². The molecule has 5 nitrogen and oxygen atoms in total. The van der Waals surface area contributed by atoms with Crippen molar-refractivity contribution >= 4 is 23.6 Å². The Labute approximate surface area is 116 Å². The monoisotopic (exact) mass is 280 g/mol. The molecule has 0 aliphatic carbocycles. The van der Waals surface area contributed by atoms with Crippen LogP contribution in [0.3, 0.4) is 0 Å². The molecule has 0 saturated carbocycles. The summed E-state index contributed by atoms with van der Waals surface area (Å²) in [4.78, 5) is 28.9. The van der Waals surface area contributed by atoms with Crippen molar-refractivity contribution in [1.29, 1.82) is 0 Å². The molecule has 2 heterocycles. The van der Waals surface area contributed by atoms with Gasteiger partial charge in [0.15, 0.2) is 0 Å². The third-order valence-corrected chi connectivity index (χ3v) is 4.48. The van der Waals surface area contributed by atoms with E-state index in [4.69, 9.17) is 5.11 Å². The van der Waals surface area contributed by atoms with Gasteiger partial charge in [0, 0.05) is 30.3 Å². The first-order chi connectivity index (χ1) is 9.11. The van der Waals surface area contributed by atoms with Crippen molar-refractivity contribution in [2.45, 2.75) is 18.6 Å². The second-order valence-corrected chi connectivity index (χ2v) is 5.80. The fraction of sp³-hybridized carbons (Fsp3) is 0.462. The fourth-order valence-electron chi connectivity index (χ4n) is 1.99. The predicted octanol–water partition coefficient (Wildman–Crippen LogP) is 1.75. The summed E-state index contributed by atoms with van der Waals surface area (Å²) in [5.74, 6) is -0.304. The zero-order chi connectivity index (χ0) is 13.8. The van der Waals surface area contributed by atoms with Gasteiger partial charge in [-0.05, 0) is 18.6 Å². The molecule has 102 valence electrons. The number of amides is 1. The average Bonchev–Trinajstić information content (AvgIpc) is 2.46. The zero-order valence-electron chi connectivity index (χ0n) is 10.7. The lowest BCUT2D eigenvalue weighted by Gasteiger charge is -2.31. The van der Waals surface area contributed by atoms with Crippen molar-refractivity contribution in [3.63, 3.8) is 0 Å². The van der Waals surface area contributed by atoms with E-state index < -0.39 is 5.97 Å². The topological polar surface area (TPSA) is 70.5 Å². The summed E-state index contributed by atoms with van der Waals surface area (Å²) in [6, 6.07) is 2.73. The maximum atomic E-state index is 12.3. The van der Waals surface area contributed by atoms with Crippen LogP contribution in [-0.2, 0) is 0 Å². The molecule has 1 aromatic heterocycles. The van der Waals surface area contributed by atoms with E-state index in [1.54, 1.807) is 4.90 Å². The Kier molecular flexibility index (Phi) is 4.42. The van der Waals surface area contributed by atoms with Crippen molar-refractivity contribution in [3.05, 3.63) is 29.6 Å². The Morgan fingerprint density at radius 3 is 3.05 bits per heavy atom. The molecule has 1 atom stereocenters. The zero-order valence-corrected chi connectivity index (χ0v) is 11.5. The van der Waals surface area contributed by atoms with Crippen molar-refractivity contribution in [3.8, 4) is 0 Å². The number of nitrogens with zero attached hydrogens (tertiary/aromatic N) is 2. The second kappa shape index (κ2) is 6.06. The number of pyridine rings is 1. The molecule has 0 radical (unpaired) electrons. The highest BCUT2D eigenvalue weighted by atomic mass is 32.2. The highest BCUT2D eigenvalue weighted by molar-refractivity contribution is 8.00. The van der Waals surface area contributed by atoms with E-state index in [9.17, 15) is 9.59 Å². The Morgan fingerprint density at radius 2 is 2.37 bits per heavy atom. The molecule has 1 N–H and O–H groups in total. The maximum Gasteiger partial charge on any atom is 0.335 e. The number of thioether (sulfide) groups is 1. The summed E-state index contributed by atoms with van der Waals surface area (Å²) in [6.45, 7) is 3.51. The largest absolute Gasteiger partial charge is 0.478 e. The Hall–Kier alpha value is -1.56. The minimum absolute atomic E-state index is 0.0942. The first-order valence-corrected chi connectivity index (χ1v) is 7.27. The molecule has 1 amide bonds. The minimum Gasteiger partial charge on any atom is -0.478 e. The lowest BCUT2D eigenvalue weighted by molar-refractivity contribution is 0.0696. The van der Waals surface area contributed by atoms with Gasteiger partial charge in [0.1, 0.15) is 5.69 Å². The third kappa shape index (κ3) is 3.26. The van der Waals surface area contributed by atoms with Gasteiger partial charge in [-0.2, -0.15) is 11.8 Å². The van der Waals surface area contributed by atoms with Gasteiger partial charge in [-0.25, -0.2) is 4.79 Å². The first-order valence-electron chi connectivity index (χ1n) is 6.22. The Bertz CT molecular complexity index is 493. The molecule has 0 spiro atoms. The average molecular weight is 280 g/mol. The summed E-state index contributed by atoms with van der Waals surface area (Å²) < 4.78 is 0. The molecule has 1 saturated heterocycles. The van der Waals surface area contributed by atoms with Gasteiger partial charge >= 0.3 is 5.97 Å². The second-order valence-electron chi connectivity index (χ2n) is 4.39. The first kappa shape index (κ1) is 13.9. The van der Waals surface area contributed by atoms with Gasteiger partial charge in [-0.1, -0.05) is 6.92 Å². The quantitative estimate of drug-likeness (QED) is 0.913. The van der Waals surface area contributed by atoms with Gasteiger partial charge in [-0.3, -0.25) is 9.78 Å². The van der Waals surface area contributed by atoms with Crippen LogP contribution in [0.15, 0.2) is 18.3 Å². The number of aromatic carboxylic acids is 1. The summed E-state index contributed by atoms with van der Waals surface area (Å²) in [6.07, 6.45) is 2.39. The number of carboxylic acid groups (broad SMARTS) is 1. The number of hydrogen-bond donors (Lipinski definition) is 1. The van der Waals surface area contributed by atoms with Gasteiger partial charge in [0.05, 0.1) is 5.56 Å². The highest BCUT2D eigenvalue weighted by Crippen LogP contribution is 2.22. The molecular weight excluding hydrogens is 264 g/mol. The van der Waals surface area contributed by atoms with Crippen LogP contribution in [-0.4, -0.2) is 51.0 Å².